The Morgan fingerprint density at radius 3 is 2.47 bits per heavy atom. The van der Waals surface area contributed by atoms with E-state index < -0.39 is 0 Å². The van der Waals surface area contributed by atoms with Crippen LogP contribution in [0.15, 0.2) is 66.1 Å². The third-order valence-corrected chi connectivity index (χ3v) is 6.61. The lowest BCUT2D eigenvalue weighted by Crippen LogP contribution is -2.07. The molecule has 1 heterocycles. The molecular weight excluding hydrogens is 388 g/mol. The Morgan fingerprint density at radius 2 is 1.87 bits per heavy atom. The smallest absolute Gasteiger partial charge is 0.135 e. The zero-order chi connectivity index (χ0) is 21.3. The first-order valence-electron chi connectivity index (χ1n) is 10.1. The number of pyridine rings is 1. The maximum atomic E-state index is 6.15. The first-order valence-corrected chi connectivity index (χ1v) is 11.5. The van der Waals surface area contributed by atoms with Crippen LogP contribution in [0.4, 0.5) is 11.5 Å². The molecule has 4 N–H and O–H groups in total. The second kappa shape index (κ2) is 8.36. The average molecular weight is 417 g/mol. The van der Waals surface area contributed by atoms with Gasteiger partial charge in [-0.15, -0.1) is 0 Å². The molecule has 4 rings (SSSR count). The van der Waals surface area contributed by atoms with E-state index in [-0.39, 0.29) is 10.7 Å². The third kappa shape index (κ3) is 4.26. The summed E-state index contributed by atoms with van der Waals surface area (Å²) in [6, 6.07) is 19.1. The van der Waals surface area contributed by atoms with E-state index in [4.69, 9.17) is 10.7 Å². The molecule has 1 atom stereocenters. The van der Waals surface area contributed by atoms with E-state index in [2.05, 4.69) is 84.0 Å². The van der Waals surface area contributed by atoms with Crippen LogP contribution in [0.2, 0.25) is 0 Å². The highest BCUT2D eigenvalue weighted by Crippen LogP contribution is 2.43. The molecule has 1 unspecified atom stereocenters. The summed E-state index contributed by atoms with van der Waals surface area (Å²) in [7, 11) is 1.56. The lowest BCUT2D eigenvalue weighted by molar-refractivity contribution is 1.02. The van der Waals surface area contributed by atoms with E-state index in [1.165, 1.54) is 23.3 Å². The van der Waals surface area contributed by atoms with Gasteiger partial charge in [0.1, 0.15) is 5.82 Å². The number of nitrogens with zero attached hydrogens (tertiary/aromatic N) is 1. The molecule has 0 amide bonds. The number of aromatic nitrogens is 1. The second-order valence-corrected chi connectivity index (χ2v) is 9.21. The molecule has 0 saturated heterocycles. The minimum absolute atomic E-state index is 0.318. The Kier molecular flexibility index (Phi) is 5.64. The molecule has 154 valence electrons. The zero-order valence-electron chi connectivity index (χ0n) is 17.5. The van der Waals surface area contributed by atoms with E-state index in [0.29, 0.717) is 11.6 Å². The van der Waals surface area contributed by atoms with Crippen molar-refractivity contribution >= 4 is 33.7 Å². The number of nitrogens with one attached hydrogen (secondary N) is 2. The summed E-state index contributed by atoms with van der Waals surface area (Å²) < 4.78 is 3.51. The SMILES string of the molecule is C=C(N)c1c(-c2ccc(NS(=C)c3cccc(C)c3)cc2)cc(C2CC2)nc1NC. The van der Waals surface area contributed by atoms with E-state index in [1.54, 1.807) is 0 Å². The van der Waals surface area contributed by atoms with Gasteiger partial charge in [0, 0.05) is 40.5 Å². The fourth-order valence-corrected chi connectivity index (χ4v) is 4.68. The predicted octanol–water partition coefficient (Wildman–Crippen LogP) is 5.99. The van der Waals surface area contributed by atoms with Crippen LogP contribution in [-0.2, 0) is 0 Å². The molecule has 30 heavy (non-hydrogen) atoms. The van der Waals surface area contributed by atoms with Gasteiger partial charge in [-0.2, -0.15) is 0 Å². The number of anilines is 2. The van der Waals surface area contributed by atoms with Gasteiger partial charge in [-0.3, -0.25) is 0 Å². The van der Waals surface area contributed by atoms with Crippen LogP contribution in [0.3, 0.4) is 0 Å². The number of aryl methyl sites for hydroxylation is 1. The number of rotatable bonds is 7. The quantitative estimate of drug-likeness (QED) is 0.414. The summed E-state index contributed by atoms with van der Waals surface area (Å²) in [5, 5.41) is 3.20. The summed E-state index contributed by atoms with van der Waals surface area (Å²) in [5.74, 6) is 5.64. The molecule has 1 saturated carbocycles. The molecule has 0 radical (unpaired) electrons. The molecule has 0 bridgehead atoms. The third-order valence-electron chi connectivity index (χ3n) is 5.30. The van der Waals surface area contributed by atoms with Crippen molar-refractivity contribution in [3.05, 3.63) is 78.0 Å². The van der Waals surface area contributed by atoms with Crippen LogP contribution in [0.5, 0.6) is 0 Å². The minimum Gasteiger partial charge on any atom is -0.399 e. The number of nitrogens with two attached hydrogens (primary N) is 1. The maximum absolute atomic E-state index is 6.15. The highest BCUT2D eigenvalue weighted by Gasteiger charge is 2.27. The van der Waals surface area contributed by atoms with Gasteiger partial charge in [-0.1, -0.05) is 47.4 Å². The van der Waals surface area contributed by atoms with Gasteiger partial charge in [0.05, 0.1) is 0 Å². The Labute approximate surface area is 181 Å². The number of benzene rings is 2. The van der Waals surface area contributed by atoms with Gasteiger partial charge in [0.25, 0.3) is 0 Å². The van der Waals surface area contributed by atoms with E-state index in [0.717, 1.165) is 33.9 Å². The summed E-state index contributed by atoms with van der Waals surface area (Å²) in [4.78, 5) is 5.98. The van der Waals surface area contributed by atoms with Crippen LogP contribution in [0.1, 0.15) is 35.6 Å². The molecule has 1 aromatic heterocycles. The average Bonchev–Trinajstić information content (AvgIpc) is 3.58. The summed E-state index contributed by atoms with van der Waals surface area (Å²) >= 11 is 0. The summed E-state index contributed by atoms with van der Waals surface area (Å²) in [6.45, 7) is 6.09. The summed E-state index contributed by atoms with van der Waals surface area (Å²) in [6.07, 6.45) is 2.40. The second-order valence-electron chi connectivity index (χ2n) is 7.75. The Morgan fingerprint density at radius 1 is 1.13 bits per heavy atom. The first-order chi connectivity index (χ1) is 14.5. The highest BCUT2D eigenvalue weighted by atomic mass is 32.2. The van der Waals surface area contributed by atoms with Crippen molar-refractivity contribution in [2.75, 3.05) is 17.1 Å². The maximum Gasteiger partial charge on any atom is 0.135 e. The van der Waals surface area contributed by atoms with E-state index >= 15 is 0 Å². The van der Waals surface area contributed by atoms with E-state index in [1.807, 2.05) is 7.05 Å². The van der Waals surface area contributed by atoms with Crippen LogP contribution < -0.4 is 15.8 Å². The molecule has 4 nitrogen and oxygen atoms in total. The molecule has 1 fully saturated rings. The monoisotopic (exact) mass is 416 g/mol. The molecular formula is C25H28N4S. The van der Waals surface area contributed by atoms with Gasteiger partial charge in [0.2, 0.25) is 0 Å². The van der Waals surface area contributed by atoms with Gasteiger partial charge in [-0.25, -0.2) is 4.98 Å². The van der Waals surface area contributed by atoms with Crippen molar-refractivity contribution in [3.8, 4) is 11.1 Å². The van der Waals surface area contributed by atoms with Gasteiger partial charge >= 0.3 is 0 Å². The van der Waals surface area contributed by atoms with Crippen LogP contribution >= 0.6 is 10.7 Å². The first kappa shape index (κ1) is 20.2. The van der Waals surface area contributed by atoms with Crippen molar-refractivity contribution in [2.24, 2.45) is 5.73 Å². The standard InChI is InChI=1S/C25H28N4S/c1-16-6-5-7-21(14-16)30(4)29-20-12-10-18(11-13-20)22-15-23(19-8-9-19)28-25(27-3)24(22)17(2)26/h5-7,10-15,19,29H,2,4,8-9,26H2,1,3H3,(H,27,28). The van der Waals surface area contributed by atoms with Crippen molar-refractivity contribution < 1.29 is 0 Å². The van der Waals surface area contributed by atoms with Crippen LogP contribution in [0, 0.1) is 6.92 Å². The van der Waals surface area contributed by atoms with Crippen molar-refractivity contribution in [3.63, 3.8) is 0 Å². The van der Waals surface area contributed by atoms with Gasteiger partial charge in [0.15, 0.2) is 0 Å². The Hall–Kier alpha value is -3.05. The lowest BCUT2D eigenvalue weighted by atomic mass is 9.97. The van der Waals surface area contributed by atoms with Gasteiger partial charge in [-0.05, 0) is 66.8 Å². The number of hydrogen-bond donors (Lipinski definition) is 3. The summed E-state index contributed by atoms with van der Waals surface area (Å²) in [5.41, 5.74) is 13.1. The van der Waals surface area contributed by atoms with Crippen LogP contribution in [-0.4, -0.2) is 17.9 Å². The highest BCUT2D eigenvalue weighted by molar-refractivity contribution is 8.15. The van der Waals surface area contributed by atoms with Crippen molar-refractivity contribution in [1.29, 1.82) is 0 Å². The minimum atomic E-state index is -0.318. The fraction of sp³-hybridized carbons (Fsp3) is 0.200. The van der Waals surface area contributed by atoms with Gasteiger partial charge < -0.3 is 15.8 Å². The molecule has 1 aliphatic carbocycles. The molecule has 1 aliphatic rings. The molecule has 0 spiro atoms. The largest absolute Gasteiger partial charge is 0.399 e. The van der Waals surface area contributed by atoms with Crippen molar-refractivity contribution in [1.82, 2.24) is 4.98 Å². The Bertz CT molecular complexity index is 1110. The predicted molar refractivity (Wildman–Crippen MR) is 132 cm³/mol. The fourth-order valence-electron chi connectivity index (χ4n) is 3.57. The normalized spacial score (nSPS) is 14.2. The Balaban J connectivity index is 1.64. The molecule has 2 aromatic carbocycles. The van der Waals surface area contributed by atoms with Crippen molar-refractivity contribution in [2.45, 2.75) is 30.6 Å². The lowest BCUT2D eigenvalue weighted by Gasteiger charge is -2.17. The zero-order valence-corrected chi connectivity index (χ0v) is 18.4. The van der Waals surface area contributed by atoms with E-state index in [9.17, 15) is 0 Å². The molecule has 5 heteroatoms. The number of hydrogen-bond acceptors (Lipinski definition) is 4. The molecule has 3 aromatic rings. The topological polar surface area (TPSA) is 63.0 Å². The van der Waals surface area contributed by atoms with Crippen LogP contribution in [0.25, 0.3) is 16.8 Å². The molecule has 0 aliphatic heterocycles.